The van der Waals surface area contributed by atoms with Crippen LogP contribution >= 0.6 is 0 Å². The van der Waals surface area contributed by atoms with Crippen LogP contribution in [0, 0.1) is 0 Å². The van der Waals surface area contributed by atoms with Crippen molar-refractivity contribution in [1.82, 2.24) is 25.1 Å². The number of carbonyl (C=O) groups is 3. The fourth-order valence-electron chi connectivity index (χ4n) is 2.80. The zero-order valence-electron chi connectivity index (χ0n) is 14.3. The Bertz CT molecular complexity index is 760. The van der Waals surface area contributed by atoms with Gasteiger partial charge in [-0.25, -0.2) is 9.78 Å². The van der Waals surface area contributed by atoms with Gasteiger partial charge in [-0.05, 0) is 12.0 Å². The van der Waals surface area contributed by atoms with Crippen molar-refractivity contribution >= 4 is 17.8 Å². The molecule has 26 heavy (non-hydrogen) atoms. The summed E-state index contributed by atoms with van der Waals surface area (Å²) in [6.45, 7) is 1.36. The standard InChI is InChI=1S/C18H21N5O3/c24-16(20-9-11-22-10-8-19-13-22)7-6-15-17(25)23(18(26)21-15)12-14-4-2-1-3-5-14/h1-5,8,10,13,15H,6-7,9,11-12H2,(H,20,24)(H,21,26)/t15-/m1/s1. The number of rotatable bonds is 8. The highest BCUT2D eigenvalue weighted by atomic mass is 16.2. The van der Waals surface area contributed by atoms with Crippen molar-refractivity contribution in [1.29, 1.82) is 0 Å². The molecule has 0 bridgehead atoms. The highest BCUT2D eigenvalue weighted by molar-refractivity contribution is 6.04. The van der Waals surface area contributed by atoms with Crippen LogP contribution in [0.15, 0.2) is 49.1 Å². The first-order chi connectivity index (χ1) is 12.6. The minimum absolute atomic E-state index is 0.145. The smallest absolute Gasteiger partial charge is 0.325 e. The minimum atomic E-state index is -0.648. The topological polar surface area (TPSA) is 96.3 Å². The molecule has 0 unspecified atom stereocenters. The Morgan fingerprint density at radius 3 is 2.77 bits per heavy atom. The molecule has 1 aromatic heterocycles. The SMILES string of the molecule is O=C(CC[C@H]1NC(=O)N(Cc2ccccc2)C1=O)NCCn1ccnc1. The third-order valence-electron chi connectivity index (χ3n) is 4.20. The number of imide groups is 1. The molecule has 1 aliphatic heterocycles. The summed E-state index contributed by atoms with van der Waals surface area (Å²) in [7, 11) is 0. The van der Waals surface area contributed by atoms with Crippen LogP contribution in [0.1, 0.15) is 18.4 Å². The van der Waals surface area contributed by atoms with Crippen LogP contribution in [0.2, 0.25) is 0 Å². The second-order valence-electron chi connectivity index (χ2n) is 6.10. The number of amides is 4. The van der Waals surface area contributed by atoms with Gasteiger partial charge in [-0.2, -0.15) is 0 Å². The van der Waals surface area contributed by atoms with Crippen LogP contribution in [0.4, 0.5) is 4.79 Å². The summed E-state index contributed by atoms with van der Waals surface area (Å²) in [5, 5.41) is 5.45. The summed E-state index contributed by atoms with van der Waals surface area (Å²) in [5.41, 5.74) is 0.883. The van der Waals surface area contributed by atoms with E-state index in [1.54, 1.807) is 12.5 Å². The number of carbonyl (C=O) groups excluding carboxylic acids is 3. The second-order valence-corrected chi connectivity index (χ2v) is 6.10. The summed E-state index contributed by atoms with van der Waals surface area (Å²) in [6, 6.07) is 8.26. The van der Waals surface area contributed by atoms with E-state index in [-0.39, 0.29) is 31.2 Å². The molecule has 0 radical (unpaired) electrons. The zero-order chi connectivity index (χ0) is 18.4. The van der Waals surface area contributed by atoms with Crippen molar-refractivity contribution in [2.24, 2.45) is 0 Å². The van der Waals surface area contributed by atoms with Crippen molar-refractivity contribution in [3.8, 4) is 0 Å². The Hall–Kier alpha value is -3.16. The molecule has 2 aromatic rings. The van der Waals surface area contributed by atoms with E-state index in [0.29, 0.717) is 13.1 Å². The number of benzene rings is 1. The molecular formula is C18H21N5O3. The predicted molar refractivity (Wildman–Crippen MR) is 93.8 cm³/mol. The molecule has 1 aliphatic rings. The summed E-state index contributed by atoms with van der Waals surface area (Å²) in [4.78, 5) is 41.5. The highest BCUT2D eigenvalue weighted by Crippen LogP contribution is 2.14. The molecule has 8 heteroatoms. The fraction of sp³-hybridized carbons (Fsp3) is 0.333. The van der Waals surface area contributed by atoms with E-state index in [0.717, 1.165) is 5.56 Å². The number of nitrogens with zero attached hydrogens (tertiary/aromatic N) is 3. The lowest BCUT2D eigenvalue weighted by Gasteiger charge is -2.13. The number of aromatic nitrogens is 2. The van der Waals surface area contributed by atoms with Gasteiger partial charge in [0, 0.05) is 31.9 Å². The minimum Gasteiger partial charge on any atom is -0.354 e. The molecule has 4 amide bonds. The fourth-order valence-corrected chi connectivity index (χ4v) is 2.80. The number of nitrogens with one attached hydrogen (secondary N) is 2. The second kappa shape index (κ2) is 8.28. The first-order valence-corrected chi connectivity index (χ1v) is 8.52. The molecule has 3 rings (SSSR count). The summed E-state index contributed by atoms with van der Waals surface area (Å²) in [5.74, 6) is -0.432. The average Bonchev–Trinajstić information content (AvgIpc) is 3.25. The van der Waals surface area contributed by atoms with Crippen LogP contribution in [-0.4, -0.2) is 44.9 Å². The van der Waals surface area contributed by atoms with E-state index in [2.05, 4.69) is 15.6 Å². The number of urea groups is 1. The maximum Gasteiger partial charge on any atom is 0.325 e. The molecule has 1 atom stereocenters. The van der Waals surface area contributed by atoms with Crippen LogP contribution in [0.3, 0.4) is 0 Å². The number of imidazole rings is 1. The van der Waals surface area contributed by atoms with Gasteiger partial charge in [0.05, 0.1) is 12.9 Å². The molecule has 2 heterocycles. The molecule has 1 fully saturated rings. The van der Waals surface area contributed by atoms with Crippen LogP contribution in [-0.2, 0) is 22.7 Å². The number of hydrogen-bond donors (Lipinski definition) is 2. The lowest BCUT2D eigenvalue weighted by atomic mass is 10.1. The molecule has 1 aromatic carbocycles. The third-order valence-corrected chi connectivity index (χ3v) is 4.20. The van der Waals surface area contributed by atoms with Gasteiger partial charge < -0.3 is 15.2 Å². The normalized spacial score (nSPS) is 16.6. The third kappa shape index (κ3) is 4.47. The molecule has 1 saturated heterocycles. The Balaban J connectivity index is 1.42. The molecule has 8 nitrogen and oxygen atoms in total. The van der Waals surface area contributed by atoms with E-state index in [1.807, 2.05) is 41.1 Å². The quantitative estimate of drug-likeness (QED) is 0.688. The van der Waals surface area contributed by atoms with E-state index in [1.165, 1.54) is 4.90 Å². The first kappa shape index (κ1) is 17.7. The molecular weight excluding hydrogens is 334 g/mol. The van der Waals surface area contributed by atoms with E-state index >= 15 is 0 Å². The van der Waals surface area contributed by atoms with Gasteiger partial charge in [0.2, 0.25) is 5.91 Å². The maximum atomic E-state index is 12.4. The van der Waals surface area contributed by atoms with Crippen molar-refractivity contribution in [2.45, 2.75) is 32.0 Å². The molecule has 2 N–H and O–H groups in total. The van der Waals surface area contributed by atoms with Crippen molar-refractivity contribution < 1.29 is 14.4 Å². The van der Waals surface area contributed by atoms with Crippen LogP contribution < -0.4 is 10.6 Å². The van der Waals surface area contributed by atoms with Gasteiger partial charge in [-0.3, -0.25) is 14.5 Å². The first-order valence-electron chi connectivity index (χ1n) is 8.52. The zero-order valence-corrected chi connectivity index (χ0v) is 14.3. The predicted octanol–water partition coefficient (Wildman–Crippen LogP) is 0.900. The van der Waals surface area contributed by atoms with Crippen LogP contribution in [0.25, 0.3) is 0 Å². The maximum absolute atomic E-state index is 12.4. The highest BCUT2D eigenvalue weighted by Gasteiger charge is 2.37. The molecule has 136 valence electrons. The Morgan fingerprint density at radius 2 is 2.04 bits per heavy atom. The lowest BCUT2D eigenvalue weighted by Crippen LogP contribution is -2.33. The summed E-state index contributed by atoms with van der Waals surface area (Å²) < 4.78 is 1.86. The van der Waals surface area contributed by atoms with Gasteiger partial charge >= 0.3 is 6.03 Å². The van der Waals surface area contributed by atoms with Crippen molar-refractivity contribution in [3.63, 3.8) is 0 Å². The molecule has 0 aliphatic carbocycles. The Morgan fingerprint density at radius 1 is 1.23 bits per heavy atom. The average molecular weight is 355 g/mol. The van der Waals surface area contributed by atoms with Gasteiger partial charge in [0.15, 0.2) is 0 Å². The Kier molecular flexibility index (Phi) is 5.62. The lowest BCUT2D eigenvalue weighted by molar-refractivity contribution is -0.128. The summed E-state index contributed by atoms with van der Waals surface area (Å²) >= 11 is 0. The van der Waals surface area contributed by atoms with Crippen LogP contribution in [0.5, 0.6) is 0 Å². The molecule has 0 spiro atoms. The van der Waals surface area contributed by atoms with Crippen molar-refractivity contribution in [3.05, 3.63) is 54.6 Å². The van der Waals surface area contributed by atoms with Gasteiger partial charge in [0.25, 0.3) is 5.91 Å². The van der Waals surface area contributed by atoms with E-state index in [9.17, 15) is 14.4 Å². The monoisotopic (exact) mass is 355 g/mol. The summed E-state index contributed by atoms with van der Waals surface area (Å²) in [6.07, 6.45) is 5.64. The largest absolute Gasteiger partial charge is 0.354 e. The Labute approximate surface area is 151 Å². The van der Waals surface area contributed by atoms with Gasteiger partial charge in [0.1, 0.15) is 6.04 Å². The van der Waals surface area contributed by atoms with E-state index < -0.39 is 12.1 Å². The number of hydrogen-bond acceptors (Lipinski definition) is 4. The molecule has 0 saturated carbocycles. The van der Waals surface area contributed by atoms with E-state index in [4.69, 9.17) is 0 Å². The van der Waals surface area contributed by atoms with Gasteiger partial charge in [-0.1, -0.05) is 30.3 Å². The van der Waals surface area contributed by atoms with Crippen molar-refractivity contribution in [2.75, 3.05) is 6.54 Å². The van der Waals surface area contributed by atoms with Gasteiger partial charge in [-0.15, -0.1) is 0 Å².